The molecule has 0 spiro atoms. The third-order valence-corrected chi connectivity index (χ3v) is 1.82. The van der Waals surface area contributed by atoms with E-state index in [4.69, 9.17) is 0 Å². The number of hydrogen-bond donors (Lipinski definition) is 1. The van der Waals surface area contributed by atoms with Gasteiger partial charge in [0.25, 0.3) is 6.43 Å². The lowest BCUT2D eigenvalue weighted by Crippen LogP contribution is -2.18. The van der Waals surface area contributed by atoms with Gasteiger partial charge in [0, 0.05) is 11.1 Å². The van der Waals surface area contributed by atoms with Gasteiger partial charge in [-0.2, -0.15) is 0 Å². The maximum absolute atomic E-state index is 12.2. The van der Waals surface area contributed by atoms with Crippen LogP contribution in [0.3, 0.4) is 0 Å². The lowest BCUT2D eigenvalue weighted by molar-refractivity contribution is 0.0993. The third kappa shape index (κ3) is 2.60. The number of rotatable bonds is 4. The molecule has 0 unspecified atom stereocenters. The first-order chi connectivity index (χ1) is 6.65. The van der Waals surface area contributed by atoms with Gasteiger partial charge >= 0.3 is 0 Å². The fourth-order valence-corrected chi connectivity index (χ4v) is 1.08. The molecule has 14 heavy (non-hydrogen) atoms. The van der Waals surface area contributed by atoms with Crippen molar-refractivity contribution in [1.29, 1.82) is 0 Å². The van der Waals surface area contributed by atoms with Gasteiger partial charge in [-0.05, 0) is 7.05 Å². The summed E-state index contributed by atoms with van der Waals surface area (Å²) in [5, 5.41) is 2.71. The van der Waals surface area contributed by atoms with Crippen molar-refractivity contribution in [2.45, 2.75) is 6.43 Å². The van der Waals surface area contributed by atoms with E-state index in [0.29, 0.717) is 5.56 Å². The molecule has 0 fully saturated rings. The van der Waals surface area contributed by atoms with Crippen molar-refractivity contribution in [3.63, 3.8) is 0 Å². The zero-order valence-electron chi connectivity index (χ0n) is 7.76. The summed E-state index contributed by atoms with van der Waals surface area (Å²) in [6.07, 6.45) is -2.48. The Kier molecular flexibility index (Phi) is 3.71. The first-order valence-corrected chi connectivity index (χ1v) is 4.21. The van der Waals surface area contributed by atoms with Crippen molar-refractivity contribution in [3.05, 3.63) is 35.4 Å². The Morgan fingerprint density at radius 1 is 1.36 bits per heavy atom. The Morgan fingerprint density at radius 3 is 2.36 bits per heavy atom. The van der Waals surface area contributed by atoms with Crippen molar-refractivity contribution >= 4 is 5.78 Å². The van der Waals surface area contributed by atoms with E-state index in [2.05, 4.69) is 5.32 Å². The summed E-state index contributed by atoms with van der Waals surface area (Å²) in [4.78, 5) is 11.3. The number of carbonyl (C=O) groups is 1. The van der Waals surface area contributed by atoms with Gasteiger partial charge in [0.05, 0.1) is 6.54 Å². The predicted octanol–water partition coefficient (Wildman–Crippen LogP) is 2.03. The molecule has 0 aromatic heterocycles. The molecule has 76 valence electrons. The number of ketones is 1. The Bertz CT molecular complexity index is 308. The Hall–Kier alpha value is -1.29. The van der Waals surface area contributed by atoms with Gasteiger partial charge in [-0.25, -0.2) is 8.78 Å². The van der Waals surface area contributed by atoms with E-state index in [-0.39, 0.29) is 17.9 Å². The number of Topliss-reactive ketones (excluding diaryl/α,β-unsaturated/α-hetero) is 1. The molecule has 0 aliphatic heterocycles. The summed E-state index contributed by atoms with van der Waals surface area (Å²) >= 11 is 0. The molecule has 1 aromatic rings. The highest BCUT2D eigenvalue weighted by Gasteiger charge is 2.08. The topological polar surface area (TPSA) is 29.1 Å². The van der Waals surface area contributed by atoms with Crippen LogP contribution in [-0.2, 0) is 0 Å². The maximum Gasteiger partial charge on any atom is 0.263 e. The zero-order valence-corrected chi connectivity index (χ0v) is 7.76. The summed E-state index contributed by atoms with van der Waals surface area (Å²) in [7, 11) is 1.66. The van der Waals surface area contributed by atoms with E-state index >= 15 is 0 Å². The Labute approximate surface area is 80.9 Å². The minimum atomic E-state index is -2.48. The lowest BCUT2D eigenvalue weighted by Gasteiger charge is -2.02. The SMILES string of the molecule is CNCC(=O)c1ccc(C(F)F)cc1. The highest BCUT2D eigenvalue weighted by molar-refractivity contribution is 5.97. The molecule has 0 radical (unpaired) electrons. The molecule has 0 atom stereocenters. The van der Waals surface area contributed by atoms with E-state index in [9.17, 15) is 13.6 Å². The van der Waals surface area contributed by atoms with E-state index in [1.165, 1.54) is 24.3 Å². The minimum Gasteiger partial charge on any atom is -0.313 e. The molecule has 0 aliphatic carbocycles. The number of likely N-dealkylation sites (N-methyl/N-ethyl adjacent to an activating group) is 1. The molecule has 2 nitrogen and oxygen atoms in total. The molecule has 0 aliphatic rings. The van der Waals surface area contributed by atoms with E-state index in [1.54, 1.807) is 7.05 Å². The summed E-state index contributed by atoms with van der Waals surface area (Å²) < 4.78 is 24.3. The Morgan fingerprint density at radius 2 is 1.93 bits per heavy atom. The van der Waals surface area contributed by atoms with Crippen LogP contribution in [0.5, 0.6) is 0 Å². The van der Waals surface area contributed by atoms with Crippen LogP contribution in [-0.4, -0.2) is 19.4 Å². The average Bonchev–Trinajstić information content (AvgIpc) is 2.18. The van der Waals surface area contributed by atoms with Crippen LogP contribution >= 0.6 is 0 Å². The van der Waals surface area contributed by atoms with Gasteiger partial charge < -0.3 is 5.32 Å². The summed E-state index contributed by atoms with van der Waals surface area (Å²) in [5.41, 5.74) is 0.384. The molecule has 0 saturated heterocycles. The van der Waals surface area contributed by atoms with Crippen LogP contribution in [0.25, 0.3) is 0 Å². The van der Waals surface area contributed by atoms with Gasteiger partial charge in [-0.1, -0.05) is 24.3 Å². The second-order valence-corrected chi connectivity index (χ2v) is 2.88. The number of alkyl halides is 2. The third-order valence-electron chi connectivity index (χ3n) is 1.82. The monoisotopic (exact) mass is 199 g/mol. The molecule has 0 heterocycles. The maximum atomic E-state index is 12.2. The van der Waals surface area contributed by atoms with Crippen LogP contribution < -0.4 is 5.32 Å². The molecular formula is C10H11F2NO. The van der Waals surface area contributed by atoms with Crippen LogP contribution in [0.4, 0.5) is 8.78 Å². The van der Waals surface area contributed by atoms with E-state index < -0.39 is 6.43 Å². The molecular weight excluding hydrogens is 188 g/mol. The summed E-state index contributed by atoms with van der Waals surface area (Å²) in [5.74, 6) is -0.103. The quantitative estimate of drug-likeness (QED) is 0.752. The zero-order chi connectivity index (χ0) is 10.6. The average molecular weight is 199 g/mol. The van der Waals surface area contributed by atoms with Gasteiger partial charge in [-0.3, -0.25) is 4.79 Å². The molecule has 1 N–H and O–H groups in total. The second-order valence-electron chi connectivity index (χ2n) is 2.88. The van der Waals surface area contributed by atoms with Crippen LogP contribution in [0, 0.1) is 0 Å². The number of hydrogen-bond acceptors (Lipinski definition) is 2. The smallest absolute Gasteiger partial charge is 0.263 e. The summed E-state index contributed by atoms with van der Waals surface area (Å²) in [6.45, 7) is 0.216. The molecule has 0 saturated carbocycles. The first-order valence-electron chi connectivity index (χ1n) is 4.21. The largest absolute Gasteiger partial charge is 0.313 e. The highest BCUT2D eigenvalue weighted by atomic mass is 19.3. The van der Waals surface area contributed by atoms with Crippen molar-refractivity contribution in [2.75, 3.05) is 13.6 Å². The molecule has 0 amide bonds. The fourth-order valence-electron chi connectivity index (χ4n) is 1.08. The van der Waals surface area contributed by atoms with Crippen LogP contribution in [0.2, 0.25) is 0 Å². The normalized spacial score (nSPS) is 10.6. The van der Waals surface area contributed by atoms with Gasteiger partial charge in [0.2, 0.25) is 0 Å². The number of benzene rings is 1. The standard InChI is InChI=1S/C10H11F2NO/c1-13-6-9(14)7-2-4-8(5-3-7)10(11)12/h2-5,10,13H,6H2,1H3. The number of nitrogens with one attached hydrogen (secondary N) is 1. The van der Waals surface area contributed by atoms with Crippen molar-refractivity contribution in [2.24, 2.45) is 0 Å². The number of halogens is 2. The highest BCUT2D eigenvalue weighted by Crippen LogP contribution is 2.18. The minimum absolute atomic E-state index is 0.0639. The van der Waals surface area contributed by atoms with Crippen molar-refractivity contribution in [1.82, 2.24) is 5.32 Å². The van der Waals surface area contributed by atoms with Crippen molar-refractivity contribution in [3.8, 4) is 0 Å². The summed E-state index contributed by atoms with van der Waals surface area (Å²) in [6, 6.07) is 5.38. The van der Waals surface area contributed by atoms with Crippen molar-refractivity contribution < 1.29 is 13.6 Å². The Balaban J connectivity index is 2.78. The van der Waals surface area contributed by atoms with E-state index in [0.717, 1.165) is 0 Å². The van der Waals surface area contributed by atoms with Crippen LogP contribution in [0.1, 0.15) is 22.3 Å². The molecule has 4 heteroatoms. The van der Waals surface area contributed by atoms with Gasteiger partial charge in [-0.15, -0.1) is 0 Å². The molecule has 1 aromatic carbocycles. The lowest BCUT2D eigenvalue weighted by atomic mass is 10.1. The van der Waals surface area contributed by atoms with Gasteiger partial charge in [0.15, 0.2) is 5.78 Å². The predicted molar refractivity (Wildman–Crippen MR) is 49.7 cm³/mol. The van der Waals surface area contributed by atoms with Crippen LogP contribution in [0.15, 0.2) is 24.3 Å². The molecule has 0 bridgehead atoms. The van der Waals surface area contributed by atoms with E-state index in [1.807, 2.05) is 0 Å². The molecule has 1 rings (SSSR count). The number of carbonyl (C=O) groups excluding carboxylic acids is 1. The van der Waals surface area contributed by atoms with Gasteiger partial charge in [0.1, 0.15) is 0 Å². The second kappa shape index (κ2) is 4.81. The fraction of sp³-hybridized carbons (Fsp3) is 0.300. The first kappa shape index (κ1) is 10.8.